The monoisotopic (exact) mass is 354 g/mol. The van der Waals surface area contributed by atoms with Crippen LogP contribution in [0.4, 0.5) is 17.3 Å². The Kier molecular flexibility index (Phi) is 6.37. The summed E-state index contributed by atoms with van der Waals surface area (Å²) in [6.45, 7) is 4.35. The van der Waals surface area contributed by atoms with Crippen LogP contribution in [0.1, 0.15) is 45.4 Å². The fourth-order valence-electron chi connectivity index (χ4n) is 2.72. The molecule has 1 heterocycles. The third-order valence-corrected chi connectivity index (χ3v) is 4.44. The van der Waals surface area contributed by atoms with Gasteiger partial charge in [-0.15, -0.1) is 4.98 Å². The largest absolute Gasteiger partial charge is 0.673 e. The smallest absolute Gasteiger partial charge is 0.467 e. The number of aromatic nitrogens is 3. The lowest BCUT2D eigenvalue weighted by Gasteiger charge is -2.43. The molecule has 6 nitrogen and oxygen atoms in total. The van der Waals surface area contributed by atoms with Crippen molar-refractivity contribution in [1.82, 2.24) is 15.0 Å². The molecular weight excluding hydrogens is 331 g/mol. The highest BCUT2D eigenvalue weighted by molar-refractivity contribution is 6.50. The zero-order chi connectivity index (χ0) is 18.6. The minimum Gasteiger partial charge on any atom is -0.467 e. The number of hydrogen-bond donors (Lipinski definition) is 1. The maximum Gasteiger partial charge on any atom is 0.673 e. The molecule has 24 heavy (non-hydrogen) atoms. The molecule has 138 valence electrons. The van der Waals surface area contributed by atoms with E-state index in [9.17, 15) is 17.3 Å². The van der Waals surface area contributed by atoms with E-state index in [0.717, 1.165) is 19.3 Å². The Balaban J connectivity index is 0.000000505. The van der Waals surface area contributed by atoms with Crippen LogP contribution in [-0.4, -0.2) is 42.0 Å². The fourth-order valence-corrected chi connectivity index (χ4v) is 2.72. The maximum atomic E-state index is 9.75. The highest BCUT2D eigenvalue weighted by Gasteiger charge is 2.50. The average Bonchev–Trinajstić information content (AvgIpc) is 2.48. The zero-order valence-corrected chi connectivity index (χ0v) is 14.3. The van der Waals surface area contributed by atoms with Gasteiger partial charge < -0.3 is 32.5 Å². The van der Waals surface area contributed by atoms with Gasteiger partial charge in [0.25, 0.3) is 0 Å². The van der Waals surface area contributed by atoms with E-state index in [0.29, 0.717) is 17.8 Å². The van der Waals surface area contributed by atoms with E-state index in [-0.39, 0.29) is 11.0 Å². The SMILES string of the molecule is COc1nc(OC)nc(C2(C)CCCCC2(C)[NH3+])n1.F[B-](F)(F)F. The molecule has 1 fully saturated rings. The Labute approximate surface area is 138 Å². The van der Waals surface area contributed by atoms with Crippen LogP contribution in [0.3, 0.4) is 0 Å². The second kappa shape index (κ2) is 7.50. The van der Waals surface area contributed by atoms with E-state index in [1.54, 1.807) is 14.2 Å². The molecule has 1 saturated carbocycles. The Hall–Kier alpha value is -1.65. The topological polar surface area (TPSA) is 84.8 Å². The van der Waals surface area contributed by atoms with E-state index in [4.69, 9.17) is 9.47 Å². The highest BCUT2D eigenvalue weighted by atomic mass is 19.5. The molecular formula is C13H23BF4N4O2. The third kappa shape index (κ3) is 5.18. The second-order valence-electron chi connectivity index (χ2n) is 6.23. The van der Waals surface area contributed by atoms with Crippen molar-refractivity contribution in [2.45, 2.75) is 50.5 Å². The van der Waals surface area contributed by atoms with Crippen molar-refractivity contribution in [2.24, 2.45) is 0 Å². The molecule has 0 spiro atoms. The summed E-state index contributed by atoms with van der Waals surface area (Å²) in [5, 5.41) is 0. The summed E-state index contributed by atoms with van der Waals surface area (Å²) < 4.78 is 49.3. The number of nitrogens with zero attached hydrogens (tertiary/aromatic N) is 3. The molecule has 2 rings (SSSR count). The molecule has 0 saturated heterocycles. The summed E-state index contributed by atoms with van der Waals surface area (Å²) in [6, 6.07) is 0.592. The Morgan fingerprint density at radius 1 is 0.917 bits per heavy atom. The van der Waals surface area contributed by atoms with Crippen LogP contribution in [0, 0.1) is 0 Å². The summed E-state index contributed by atoms with van der Waals surface area (Å²) in [4.78, 5) is 12.9. The second-order valence-corrected chi connectivity index (χ2v) is 6.23. The predicted molar refractivity (Wildman–Crippen MR) is 80.2 cm³/mol. The molecule has 1 aromatic rings. The lowest BCUT2D eigenvalue weighted by Crippen LogP contribution is -2.80. The summed E-state index contributed by atoms with van der Waals surface area (Å²) >= 11 is 0. The van der Waals surface area contributed by atoms with Crippen molar-refractivity contribution >= 4 is 7.25 Å². The van der Waals surface area contributed by atoms with Gasteiger partial charge in [-0.1, -0.05) is 6.42 Å². The Bertz CT molecular complexity index is 531. The first-order valence-electron chi connectivity index (χ1n) is 7.50. The van der Waals surface area contributed by atoms with Crippen molar-refractivity contribution in [3.8, 4) is 12.0 Å². The van der Waals surface area contributed by atoms with Crippen LogP contribution in [0.25, 0.3) is 0 Å². The van der Waals surface area contributed by atoms with Crippen LogP contribution >= 0.6 is 0 Å². The minimum atomic E-state index is -6.00. The lowest BCUT2D eigenvalue weighted by molar-refractivity contribution is -0.496. The molecule has 0 bridgehead atoms. The molecule has 1 aromatic heterocycles. The number of hydrogen-bond acceptors (Lipinski definition) is 5. The van der Waals surface area contributed by atoms with Gasteiger partial charge in [0.1, 0.15) is 5.54 Å². The number of methoxy groups -OCH3 is 2. The number of rotatable bonds is 3. The van der Waals surface area contributed by atoms with E-state index < -0.39 is 7.25 Å². The van der Waals surface area contributed by atoms with Crippen LogP contribution in [0.2, 0.25) is 0 Å². The van der Waals surface area contributed by atoms with Crippen LogP contribution in [-0.2, 0) is 5.41 Å². The summed E-state index contributed by atoms with van der Waals surface area (Å²) in [5.74, 6) is 0.716. The first kappa shape index (κ1) is 20.4. The van der Waals surface area contributed by atoms with Crippen molar-refractivity contribution in [3.63, 3.8) is 0 Å². The standard InChI is InChI=1S/C13H22N4O2.BF4/c1-12(7-5-6-8-13(12,2)14)9-15-10(18-3)17-11(16-9)19-4;2-1(3,4)5/h5-8,14H2,1-4H3;/q;-1/p+1. The molecule has 0 aliphatic heterocycles. The quantitative estimate of drug-likeness (QED) is 0.663. The molecule has 3 N–H and O–H groups in total. The van der Waals surface area contributed by atoms with Gasteiger partial charge in [-0.2, -0.15) is 9.97 Å². The van der Waals surface area contributed by atoms with Gasteiger partial charge in [-0.05, 0) is 26.7 Å². The minimum absolute atomic E-state index is 0.0946. The number of quaternary nitrogens is 1. The van der Waals surface area contributed by atoms with Gasteiger partial charge in [-0.3, -0.25) is 0 Å². The third-order valence-electron chi connectivity index (χ3n) is 4.44. The van der Waals surface area contributed by atoms with E-state index in [1.807, 2.05) is 0 Å². The van der Waals surface area contributed by atoms with E-state index in [2.05, 4.69) is 34.5 Å². The molecule has 1 aliphatic carbocycles. The Morgan fingerprint density at radius 3 is 1.71 bits per heavy atom. The van der Waals surface area contributed by atoms with Gasteiger partial charge in [0.15, 0.2) is 5.82 Å². The number of halogens is 4. The van der Waals surface area contributed by atoms with Crippen molar-refractivity contribution < 1.29 is 32.5 Å². The molecule has 0 amide bonds. The van der Waals surface area contributed by atoms with Crippen molar-refractivity contribution in [3.05, 3.63) is 5.82 Å². The summed E-state index contributed by atoms with van der Waals surface area (Å²) in [5.41, 5.74) is 4.11. The molecule has 11 heteroatoms. The lowest BCUT2D eigenvalue weighted by atomic mass is 9.63. The van der Waals surface area contributed by atoms with E-state index in [1.165, 1.54) is 6.42 Å². The maximum absolute atomic E-state index is 9.75. The van der Waals surface area contributed by atoms with E-state index >= 15 is 0 Å². The van der Waals surface area contributed by atoms with Crippen LogP contribution in [0.15, 0.2) is 0 Å². The summed E-state index contributed by atoms with van der Waals surface area (Å²) in [7, 11) is -2.91. The highest BCUT2D eigenvalue weighted by Crippen LogP contribution is 2.42. The molecule has 1 aliphatic rings. The van der Waals surface area contributed by atoms with Crippen LogP contribution in [0.5, 0.6) is 12.0 Å². The first-order chi connectivity index (χ1) is 10.9. The molecule has 0 aromatic carbocycles. The molecule has 2 atom stereocenters. The van der Waals surface area contributed by atoms with Crippen molar-refractivity contribution in [2.75, 3.05) is 14.2 Å². The van der Waals surface area contributed by atoms with Gasteiger partial charge in [-0.25, -0.2) is 0 Å². The molecule has 0 radical (unpaired) electrons. The molecule has 2 unspecified atom stereocenters. The van der Waals surface area contributed by atoms with Crippen LogP contribution < -0.4 is 15.2 Å². The summed E-state index contributed by atoms with van der Waals surface area (Å²) in [6.07, 6.45) is 4.45. The van der Waals surface area contributed by atoms with Gasteiger partial charge in [0.2, 0.25) is 0 Å². The normalized spacial score (nSPS) is 27.0. The van der Waals surface area contributed by atoms with Gasteiger partial charge >= 0.3 is 19.3 Å². The fraction of sp³-hybridized carbons (Fsp3) is 0.769. The first-order valence-corrected chi connectivity index (χ1v) is 7.50. The van der Waals surface area contributed by atoms with Crippen molar-refractivity contribution in [1.29, 1.82) is 0 Å². The predicted octanol–water partition coefficient (Wildman–Crippen LogP) is 2.02. The number of ether oxygens (including phenoxy) is 2. The Morgan fingerprint density at radius 2 is 1.33 bits per heavy atom. The average molecular weight is 354 g/mol. The van der Waals surface area contributed by atoms with Gasteiger partial charge in [0.05, 0.1) is 19.6 Å². The zero-order valence-electron chi connectivity index (χ0n) is 14.3. The van der Waals surface area contributed by atoms with Gasteiger partial charge in [0, 0.05) is 6.42 Å².